The van der Waals surface area contributed by atoms with Crippen molar-refractivity contribution in [1.82, 2.24) is 13.8 Å². The fraction of sp³-hybridized carbons (Fsp3) is 0.227. The van der Waals surface area contributed by atoms with Crippen molar-refractivity contribution in [3.05, 3.63) is 83.9 Å². The van der Waals surface area contributed by atoms with Crippen LogP contribution in [-0.2, 0) is 10.0 Å². The highest BCUT2D eigenvalue weighted by atomic mass is 32.2. The van der Waals surface area contributed by atoms with Crippen LogP contribution in [0.15, 0.2) is 71.9 Å². The molecule has 2 aromatic carbocycles. The molecule has 0 aliphatic carbocycles. The Hall–Kier alpha value is -2.97. The topological polar surface area (TPSA) is 62.6 Å². The third-order valence-corrected chi connectivity index (χ3v) is 7.23. The summed E-state index contributed by atoms with van der Waals surface area (Å²) in [5.74, 6) is -0.607. The number of sulfonamides is 1. The van der Waals surface area contributed by atoms with Gasteiger partial charge in [-0.25, -0.2) is 12.8 Å². The number of carbonyl (C=O) groups is 1. The van der Waals surface area contributed by atoms with E-state index in [1.54, 1.807) is 11.0 Å². The lowest BCUT2D eigenvalue weighted by molar-refractivity contribution is 0.0698. The standard InChI is InChI=1S/C22H22FN3O3S/c1-17-4-5-18(16-21(17)24-10-2-3-11-24)22(27)25-12-14-26(15-13-25)30(28,29)20-8-6-19(23)7-9-20/h2-11,16H,12-15H2,1H3. The van der Waals surface area contributed by atoms with Crippen LogP contribution in [0, 0.1) is 12.7 Å². The minimum absolute atomic E-state index is 0.0542. The maximum atomic E-state index is 13.1. The van der Waals surface area contributed by atoms with Gasteiger partial charge in [-0.2, -0.15) is 4.31 Å². The molecule has 0 unspecified atom stereocenters. The first-order chi connectivity index (χ1) is 14.4. The van der Waals surface area contributed by atoms with Gasteiger partial charge in [0.1, 0.15) is 5.82 Å². The Balaban J connectivity index is 1.47. The van der Waals surface area contributed by atoms with E-state index in [0.717, 1.165) is 23.4 Å². The van der Waals surface area contributed by atoms with Gasteiger partial charge in [0.15, 0.2) is 0 Å². The number of piperazine rings is 1. The van der Waals surface area contributed by atoms with Crippen LogP contribution in [0.5, 0.6) is 0 Å². The molecular weight excluding hydrogens is 405 g/mol. The van der Waals surface area contributed by atoms with E-state index in [4.69, 9.17) is 0 Å². The van der Waals surface area contributed by atoms with Gasteiger partial charge in [0.05, 0.1) is 4.90 Å². The molecule has 2 heterocycles. The highest BCUT2D eigenvalue weighted by Gasteiger charge is 2.30. The van der Waals surface area contributed by atoms with Crippen molar-refractivity contribution in [3.8, 4) is 5.69 Å². The van der Waals surface area contributed by atoms with Crippen molar-refractivity contribution in [2.45, 2.75) is 11.8 Å². The molecule has 0 saturated carbocycles. The van der Waals surface area contributed by atoms with Gasteiger partial charge in [-0.05, 0) is 61.0 Å². The summed E-state index contributed by atoms with van der Waals surface area (Å²) < 4.78 is 41.9. The molecule has 3 aromatic rings. The predicted octanol–water partition coefficient (Wildman–Crippen LogP) is 3.07. The Morgan fingerprint density at radius 1 is 0.933 bits per heavy atom. The number of nitrogens with zero attached hydrogens (tertiary/aromatic N) is 3. The summed E-state index contributed by atoms with van der Waals surface area (Å²) in [4.78, 5) is 14.7. The molecule has 0 spiro atoms. The largest absolute Gasteiger partial charge is 0.336 e. The molecule has 1 aliphatic rings. The first kappa shape index (κ1) is 20.3. The quantitative estimate of drug-likeness (QED) is 0.643. The number of aromatic nitrogens is 1. The molecule has 8 heteroatoms. The number of carbonyl (C=O) groups excluding carboxylic acids is 1. The summed E-state index contributed by atoms with van der Waals surface area (Å²) >= 11 is 0. The summed E-state index contributed by atoms with van der Waals surface area (Å²) in [6.07, 6.45) is 3.85. The van der Waals surface area contributed by atoms with Crippen LogP contribution in [0.3, 0.4) is 0 Å². The van der Waals surface area contributed by atoms with E-state index in [1.165, 1.54) is 16.4 Å². The smallest absolute Gasteiger partial charge is 0.254 e. The molecule has 6 nitrogen and oxygen atoms in total. The molecule has 156 valence electrons. The monoisotopic (exact) mass is 427 g/mol. The van der Waals surface area contributed by atoms with Crippen LogP contribution in [0.1, 0.15) is 15.9 Å². The van der Waals surface area contributed by atoms with Gasteiger partial charge in [0, 0.05) is 49.8 Å². The summed E-state index contributed by atoms with van der Waals surface area (Å²) in [6, 6.07) is 14.2. The van der Waals surface area contributed by atoms with Crippen molar-refractivity contribution in [2.24, 2.45) is 0 Å². The van der Waals surface area contributed by atoms with E-state index in [9.17, 15) is 17.6 Å². The number of hydrogen-bond acceptors (Lipinski definition) is 3. The Labute approximate surface area is 175 Å². The van der Waals surface area contributed by atoms with Gasteiger partial charge >= 0.3 is 0 Å². The zero-order valence-corrected chi connectivity index (χ0v) is 17.3. The Kier molecular flexibility index (Phi) is 5.44. The molecule has 0 atom stereocenters. The molecular formula is C22H22FN3O3S. The fourth-order valence-corrected chi connectivity index (χ4v) is 5.01. The third-order valence-electron chi connectivity index (χ3n) is 5.32. The second-order valence-corrected chi connectivity index (χ2v) is 9.18. The predicted molar refractivity (Wildman–Crippen MR) is 112 cm³/mol. The Morgan fingerprint density at radius 3 is 2.20 bits per heavy atom. The minimum atomic E-state index is -3.71. The highest BCUT2D eigenvalue weighted by Crippen LogP contribution is 2.21. The third kappa shape index (κ3) is 3.88. The van der Waals surface area contributed by atoms with Crippen molar-refractivity contribution in [1.29, 1.82) is 0 Å². The van der Waals surface area contributed by atoms with Gasteiger partial charge in [-0.1, -0.05) is 6.07 Å². The Morgan fingerprint density at radius 2 is 1.57 bits per heavy atom. The van der Waals surface area contributed by atoms with Crippen LogP contribution in [0.2, 0.25) is 0 Å². The molecule has 0 bridgehead atoms. The van der Waals surface area contributed by atoms with E-state index >= 15 is 0 Å². The molecule has 1 saturated heterocycles. The molecule has 1 amide bonds. The average molecular weight is 428 g/mol. The van der Waals surface area contributed by atoms with Crippen LogP contribution in [0.25, 0.3) is 5.69 Å². The summed E-state index contributed by atoms with van der Waals surface area (Å²) in [5, 5.41) is 0. The lowest BCUT2D eigenvalue weighted by Crippen LogP contribution is -2.50. The van der Waals surface area contributed by atoms with Crippen LogP contribution < -0.4 is 0 Å². The van der Waals surface area contributed by atoms with Gasteiger partial charge in [0.2, 0.25) is 10.0 Å². The van der Waals surface area contributed by atoms with Crippen LogP contribution in [-0.4, -0.2) is 54.3 Å². The maximum absolute atomic E-state index is 13.1. The molecule has 30 heavy (non-hydrogen) atoms. The number of rotatable bonds is 4. The SMILES string of the molecule is Cc1ccc(C(=O)N2CCN(S(=O)(=O)c3ccc(F)cc3)CC2)cc1-n1cccc1. The zero-order valence-electron chi connectivity index (χ0n) is 16.5. The molecule has 4 rings (SSSR count). The van der Waals surface area contributed by atoms with Gasteiger partial charge in [0.25, 0.3) is 5.91 Å². The van der Waals surface area contributed by atoms with Crippen molar-refractivity contribution in [3.63, 3.8) is 0 Å². The zero-order chi connectivity index (χ0) is 21.3. The van der Waals surface area contributed by atoms with E-state index in [1.807, 2.05) is 48.1 Å². The average Bonchev–Trinajstić information content (AvgIpc) is 3.29. The molecule has 0 N–H and O–H groups in total. The fourth-order valence-electron chi connectivity index (χ4n) is 3.59. The van der Waals surface area contributed by atoms with Crippen molar-refractivity contribution in [2.75, 3.05) is 26.2 Å². The first-order valence-electron chi connectivity index (χ1n) is 9.65. The summed E-state index contributed by atoms with van der Waals surface area (Å²) in [6.45, 7) is 2.98. The van der Waals surface area contributed by atoms with E-state index < -0.39 is 15.8 Å². The van der Waals surface area contributed by atoms with Crippen LogP contribution >= 0.6 is 0 Å². The minimum Gasteiger partial charge on any atom is -0.336 e. The second kappa shape index (κ2) is 8.04. The molecule has 0 radical (unpaired) electrons. The number of amides is 1. The summed E-state index contributed by atoms with van der Waals surface area (Å²) in [5.41, 5.74) is 2.56. The number of hydrogen-bond donors (Lipinski definition) is 0. The highest BCUT2D eigenvalue weighted by molar-refractivity contribution is 7.89. The maximum Gasteiger partial charge on any atom is 0.254 e. The van der Waals surface area contributed by atoms with Gasteiger partial charge in [-0.3, -0.25) is 4.79 Å². The van der Waals surface area contributed by atoms with Gasteiger partial charge in [-0.15, -0.1) is 0 Å². The van der Waals surface area contributed by atoms with E-state index in [-0.39, 0.29) is 23.9 Å². The Bertz CT molecular complexity index is 1150. The summed E-state index contributed by atoms with van der Waals surface area (Å²) in [7, 11) is -3.71. The molecule has 1 aromatic heterocycles. The normalized spacial score (nSPS) is 15.3. The number of aryl methyl sites for hydroxylation is 1. The lowest BCUT2D eigenvalue weighted by Gasteiger charge is -2.34. The molecule has 1 aliphatic heterocycles. The van der Waals surface area contributed by atoms with Crippen LogP contribution in [0.4, 0.5) is 4.39 Å². The number of benzene rings is 2. The second-order valence-electron chi connectivity index (χ2n) is 7.24. The van der Waals surface area contributed by atoms with Crippen molar-refractivity contribution >= 4 is 15.9 Å². The first-order valence-corrected chi connectivity index (χ1v) is 11.1. The van der Waals surface area contributed by atoms with Crippen molar-refractivity contribution < 1.29 is 17.6 Å². The number of halogens is 1. The molecule has 1 fully saturated rings. The van der Waals surface area contributed by atoms with Gasteiger partial charge < -0.3 is 9.47 Å². The van der Waals surface area contributed by atoms with E-state index in [0.29, 0.717) is 18.7 Å². The lowest BCUT2D eigenvalue weighted by atomic mass is 10.1. The van der Waals surface area contributed by atoms with E-state index in [2.05, 4.69) is 0 Å².